The van der Waals surface area contributed by atoms with Crippen LogP contribution in [0.4, 0.5) is 0 Å². The minimum Gasteiger partial charge on any atom is -0.480 e. The molecule has 0 bridgehead atoms. The molecule has 1 aliphatic heterocycles. The maximum atomic E-state index is 12.2. The molecule has 0 aliphatic carbocycles. The predicted molar refractivity (Wildman–Crippen MR) is 76.7 cm³/mol. The molecule has 0 saturated carbocycles. The standard InChI is InChI=1S/C13H26N4O3/c1-14(2)4-7-16(11-13(19)20)10-12(18)17-8-5-15(3)6-9-17/h4-11H2,1-3H3,(H,19,20). The lowest BCUT2D eigenvalue weighted by Crippen LogP contribution is -2.51. The van der Waals surface area contributed by atoms with Gasteiger partial charge in [0.15, 0.2) is 0 Å². The Morgan fingerprint density at radius 1 is 1.05 bits per heavy atom. The third-order valence-corrected chi connectivity index (χ3v) is 3.44. The number of rotatable bonds is 7. The summed E-state index contributed by atoms with van der Waals surface area (Å²) in [7, 11) is 5.90. The monoisotopic (exact) mass is 286 g/mol. The molecule has 1 fully saturated rings. The van der Waals surface area contributed by atoms with Gasteiger partial charge in [0.05, 0.1) is 13.1 Å². The molecule has 7 heteroatoms. The molecule has 1 amide bonds. The summed E-state index contributed by atoms with van der Waals surface area (Å²) in [6, 6.07) is 0. The number of carboxylic acid groups (broad SMARTS) is 1. The normalized spacial score (nSPS) is 16.9. The Morgan fingerprint density at radius 2 is 1.65 bits per heavy atom. The minimum atomic E-state index is -0.894. The third kappa shape index (κ3) is 6.31. The number of carboxylic acids is 1. The largest absolute Gasteiger partial charge is 0.480 e. The van der Waals surface area contributed by atoms with E-state index in [1.807, 2.05) is 30.9 Å². The fraction of sp³-hybridized carbons (Fsp3) is 0.846. The number of amides is 1. The van der Waals surface area contributed by atoms with Crippen molar-refractivity contribution in [1.82, 2.24) is 19.6 Å². The summed E-state index contributed by atoms with van der Waals surface area (Å²) in [6.07, 6.45) is 0. The second-order valence-corrected chi connectivity index (χ2v) is 5.59. The Labute approximate surface area is 120 Å². The topological polar surface area (TPSA) is 67.3 Å². The van der Waals surface area contributed by atoms with Crippen LogP contribution in [0.2, 0.25) is 0 Å². The van der Waals surface area contributed by atoms with Crippen LogP contribution in [-0.2, 0) is 9.59 Å². The second kappa shape index (κ2) is 8.18. The van der Waals surface area contributed by atoms with Crippen LogP contribution in [0.1, 0.15) is 0 Å². The van der Waals surface area contributed by atoms with Gasteiger partial charge in [0.2, 0.25) is 5.91 Å². The quantitative estimate of drug-likeness (QED) is 0.628. The molecule has 0 aromatic rings. The van der Waals surface area contributed by atoms with Gasteiger partial charge in [-0.3, -0.25) is 14.5 Å². The zero-order chi connectivity index (χ0) is 15.1. The fourth-order valence-electron chi connectivity index (χ4n) is 2.09. The van der Waals surface area contributed by atoms with Crippen molar-refractivity contribution in [3.63, 3.8) is 0 Å². The Bertz CT molecular complexity index is 328. The lowest BCUT2D eigenvalue weighted by Gasteiger charge is -2.34. The highest BCUT2D eigenvalue weighted by Crippen LogP contribution is 2.01. The Morgan fingerprint density at radius 3 is 2.15 bits per heavy atom. The van der Waals surface area contributed by atoms with Crippen LogP contribution in [0.25, 0.3) is 0 Å². The first-order valence-corrected chi connectivity index (χ1v) is 6.93. The highest BCUT2D eigenvalue weighted by Gasteiger charge is 2.22. The summed E-state index contributed by atoms with van der Waals surface area (Å²) < 4.78 is 0. The SMILES string of the molecule is CN(C)CCN(CC(=O)O)CC(=O)N1CCN(C)CC1. The molecule has 20 heavy (non-hydrogen) atoms. The van der Waals surface area contributed by atoms with Gasteiger partial charge in [-0.05, 0) is 21.1 Å². The van der Waals surface area contributed by atoms with E-state index in [4.69, 9.17) is 5.11 Å². The van der Waals surface area contributed by atoms with E-state index in [0.717, 1.165) is 32.7 Å². The van der Waals surface area contributed by atoms with Crippen LogP contribution in [0, 0.1) is 0 Å². The number of aliphatic carboxylic acids is 1. The van der Waals surface area contributed by atoms with Gasteiger partial charge >= 0.3 is 5.97 Å². The molecule has 0 unspecified atom stereocenters. The highest BCUT2D eigenvalue weighted by atomic mass is 16.4. The number of piperazine rings is 1. The van der Waals surface area contributed by atoms with Crippen molar-refractivity contribution in [1.29, 1.82) is 0 Å². The van der Waals surface area contributed by atoms with Crippen molar-refractivity contribution in [3.05, 3.63) is 0 Å². The Hall–Kier alpha value is -1.18. The fourth-order valence-corrected chi connectivity index (χ4v) is 2.09. The van der Waals surface area contributed by atoms with Crippen molar-refractivity contribution in [2.24, 2.45) is 0 Å². The summed E-state index contributed by atoms with van der Waals surface area (Å²) in [5.41, 5.74) is 0. The maximum Gasteiger partial charge on any atom is 0.317 e. The first-order chi connectivity index (χ1) is 9.38. The van der Waals surface area contributed by atoms with Gasteiger partial charge in [0.1, 0.15) is 0 Å². The van der Waals surface area contributed by atoms with E-state index in [1.54, 1.807) is 4.90 Å². The average molecular weight is 286 g/mol. The van der Waals surface area contributed by atoms with Crippen LogP contribution in [0.3, 0.4) is 0 Å². The van der Waals surface area contributed by atoms with E-state index in [0.29, 0.717) is 6.54 Å². The summed E-state index contributed by atoms with van der Waals surface area (Å²) >= 11 is 0. The van der Waals surface area contributed by atoms with Crippen molar-refractivity contribution in [3.8, 4) is 0 Å². The lowest BCUT2D eigenvalue weighted by molar-refractivity contribution is -0.140. The van der Waals surface area contributed by atoms with Gasteiger partial charge < -0.3 is 19.8 Å². The van der Waals surface area contributed by atoms with E-state index in [-0.39, 0.29) is 19.0 Å². The molecule has 1 aliphatic rings. The zero-order valence-electron chi connectivity index (χ0n) is 12.7. The number of carbonyl (C=O) groups is 2. The maximum absolute atomic E-state index is 12.2. The molecule has 1 saturated heterocycles. The predicted octanol–water partition coefficient (Wildman–Crippen LogP) is -1.29. The summed E-state index contributed by atoms with van der Waals surface area (Å²) in [5, 5.41) is 8.92. The van der Waals surface area contributed by atoms with Crippen molar-refractivity contribution >= 4 is 11.9 Å². The summed E-state index contributed by atoms with van der Waals surface area (Å²) in [4.78, 5) is 30.8. The number of hydrogen-bond donors (Lipinski definition) is 1. The van der Waals surface area contributed by atoms with E-state index < -0.39 is 5.97 Å². The second-order valence-electron chi connectivity index (χ2n) is 5.59. The number of likely N-dealkylation sites (N-methyl/N-ethyl adjacent to an activating group) is 2. The van der Waals surface area contributed by atoms with Gasteiger partial charge in [-0.1, -0.05) is 0 Å². The first kappa shape index (κ1) is 16.9. The van der Waals surface area contributed by atoms with Crippen LogP contribution in [-0.4, -0.2) is 110 Å². The smallest absolute Gasteiger partial charge is 0.317 e. The van der Waals surface area contributed by atoms with Gasteiger partial charge in [0, 0.05) is 39.3 Å². The Kier molecular flexibility index (Phi) is 6.90. The summed E-state index contributed by atoms with van der Waals surface area (Å²) in [6.45, 7) is 4.62. The molecular weight excluding hydrogens is 260 g/mol. The molecule has 1 heterocycles. The molecule has 7 nitrogen and oxygen atoms in total. The Balaban J connectivity index is 2.45. The van der Waals surface area contributed by atoms with Crippen molar-refractivity contribution < 1.29 is 14.7 Å². The van der Waals surface area contributed by atoms with Crippen LogP contribution < -0.4 is 0 Å². The number of carbonyl (C=O) groups excluding carboxylic acids is 1. The van der Waals surface area contributed by atoms with Crippen molar-refractivity contribution in [2.45, 2.75) is 0 Å². The lowest BCUT2D eigenvalue weighted by atomic mass is 10.3. The molecule has 0 radical (unpaired) electrons. The van der Waals surface area contributed by atoms with E-state index in [1.165, 1.54) is 0 Å². The zero-order valence-corrected chi connectivity index (χ0v) is 12.7. The molecule has 116 valence electrons. The molecule has 0 atom stereocenters. The van der Waals surface area contributed by atoms with E-state index in [2.05, 4.69) is 4.90 Å². The molecular formula is C13H26N4O3. The van der Waals surface area contributed by atoms with Crippen LogP contribution in [0.5, 0.6) is 0 Å². The van der Waals surface area contributed by atoms with Crippen molar-refractivity contribution in [2.75, 3.05) is 73.5 Å². The number of hydrogen-bond acceptors (Lipinski definition) is 5. The van der Waals surface area contributed by atoms with Gasteiger partial charge in [-0.25, -0.2) is 0 Å². The molecule has 1 N–H and O–H groups in total. The summed E-state index contributed by atoms with van der Waals surface area (Å²) in [5.74, 6) is -0.868. The van der Waals surface area contributed by atoms with Gasteiger partial charge in [0.25, 0.3) is 0 Å². The average Bonchev–Trinajstić information content (AvgIpc) is 2.36. The van der Waals surface area contributed by atoms with E-state index in [9.17, 15) is 9.59 Å². The van der Waals surface area contributed by atoms with Crippen LogP contribution >= 0.6 is 0 Å². The highest BCUT2D eigenvalue weighted by molar-refractivity contribution is 5.79. The van der Waals surface area contributed by atoms with Crippen LogP contribution in [0.15, 0.2) is 0 Å². The van der Waals surface area contributed by atoms with Gasteiger partial charge in [-0.2, -0.15) is 0 Å². The molecule has 0 aromatic heterocycles. The third-order valence-electron chi connectivity index (χ3n) is 3.44. The molecule has 0 spiro atoms. The minimum absolute atomic E-state index is 0.0260. The van der Waals surface area contributed by atoms with E-state index >= 15 is 0 Å². The first-order valence-electron chi connectivity index (χ1n) is 6.93. The molecule has 0 aromatic carbocycles. The number of nitrogens with zero attached hydrogens (tertiary/aromatic N) is 4. The van der Waals surface area contributed by atoms with Gasteiger partial charge in [-0.15, -0.1) is 0 Å². The molecule has 1 rings (SSSR count).